The van der Waals surface area contributed by atoms with Crippen LogP contribution in [0.5, 0.6) is 0 Å². The van der Waals surface area contributed by atoms with E-state index >= 15 is 0 Å². The molecule has 27 heavy (non-hydrogen) atoms. The lowest BCUT2D eigenvalue weighted by Gasteiger charge is -2.44. The SMILES string of the molecule is C=CC(=O)N1CC(C(NC2C=C(c3ccncc3)C(=O)NC2=O)C2CC2)C1. The second-order valence-corrected chi connectivity index (χ2v) is 7.35. The molecule has 3 heterocycles. The average Bonchev–Trinajstić information content (AvgIpc) is 3.47. The molecule has 2 aliphatic heterocycles. The fourth-order valence-corrected chi connectivity index (χ4v) is 3.83. The zero-order chi connectivity index (χ0) is 19.0. The molecular weight excluding hydrogens is 344 g/mol. The number of carbonyl (C=O) groups excluding carboxylic acids is 3. The summed E-state index contributed by atoms with van der Waals surface area (Å²) < 4.78 is 0. The molecule has 0 spiro atoms. The van der Waals surface area contributed by atoms with Crippen LogP contribution in [0.15, 0.2) is 43.3 Å². The van der Waals surface area contributed by atoms with Crippen LogP contribution in [0.2, 0.25) is 0 Å². The van der Waals surface area contributed by atoms with Gasteiger partial charge in [-0.15, -0.1) is 0 Å². The number of rotatable bonds is 6. The second-order valence-electron chi connectivity index (χ2n) is 7.35. The minimum atomic E-state index is -0.569. The quantitative estimate of drug-likeness (QED) is 0.565. The van der Waals surface area contributed by atoms with Gasteiger partial charge in [-0.1, -0.05) is 6.58 Å². The molecule has 0 bridgehead atoms. The molecule has 1 aromatic rings. The van der Waals surface area contributed by atoms with Crippen LogP contribution in [-0.2, 0) is 14.4 Å². The lowest BCUT2D eigenvalue weighted by Crippen LogP contribution is -2.61. The largest absolute Gasteiger partial charge is 0.338 e. The maximum Gasteiger partial charge on any atom is 0.258 e. The van der Waals surface area contributed by atoms with Crippen LogP contribution < -0.4 is 10.6 Å². The van der Waals surface area contributed by atoms with Gasteiger partial charge in [-0.2, -0.15) is 0 Å². The highest BCUT2D eigenvalue weighted by Crippen LogP contribution is 2.39. The molecular formula is C20H22N4O3. The van der Waals surface area contributed by atoms with E-state index in [-0.39, 0.29) is 17.9 Å². The van der Waals surface area contributed by atoms with E-state index in [0.717, 1.165) is 18.4 Å². The smallest absolute Gasteiger partial charge is 0.258 e. The summed E-state index contributed by atoms with van der Waals surface area (Å²) in [5.74, 6) is 0.0471. The maximum atomic E-state index is 12.4. The summed E-state index contributed by atoms with van der Waals surface area (Å²) >= 11 is 0. The number of hydrogen-bond donors (Lipinski definition) is 2. The van der Waals surface area contributed by atoms with E-state index in [9.17, 15) is 14.4 Å². The minimum Gasteiger partial charge on any atom is -0.338 e. The zero-order valence-corrected chi connectivity index (χ0v) is 14.9. The molecule has 1 saturated carbocycles. The predicted molar refractivity (Wildman–Crippen MR) is 99.1 cm³/mol. The number of aromatic nitrogens is 1. The van der Waals surface area contributed by atoms with Crippen LogP contribution in [0.3, 0.4) is 0 Å². The summed E-state index contributed by atoms with van der Waals surface area (Å²) in [5.41, 5.74) is 1.21. The first-order valence-electron chi connectivity index (χ1n) is 9.21. The van der Waals surface area contributed by atoms with Crippen LogP contribution in [0.4, 0.5) is 0 Å². The molecule has 7 heteroatoms. The van der Waals surface area contributed by atoms with Crippen molar-refractivity contribution in [1.82, 2.24) is 20.5 Å². The van der Waals surface area contributed by atoms with Crippen molar-refractivity contribution in [3.05, 3.63) is 48.8 Å². The Morgan fingerprint density at radius 3 is 2.59 bits per heavy atom. The summed E-state index contributed by atoms with van der Waals surface area (Å²) in [5, 5.41) is 5.89. The lowest BCUT2D eigenvalue weighted by atomic mass is 9.87. The van der Waals surface area contributed by atoms with Crippen molar-refractivity contribution in [1.29, 1.82) is 0 Å². The Balaban J connectivity index is 1.50. The summed E-state index contributed by atoms with van der Waals surface area (Å²) in [4.78, 5) is 42.0. The number of amides is 3. The van der Waals surface area contributed by atoms with Gasteiger partial charge in [0, 0.05) is 43.0 Å². The molecule has 7 nitrogen and oxygen atoms in total. The molecule has 3 aliphatic rings. The Morgan fingerprint density at radius 2 is 1.96 bits per heavy atom. The van der Waals surface area contributed by atoms with Crippen LogP contribution >= 0.6 is 0 Å². The molecule has 4 rings (SSSR count). The molecule has 1 saturated heterocycles. The van der Waals surface area contributed by atoms with E-state index in [1.54, 1.807) is 35.5 Å². The average molecular weight is 366 g/mol. The van der Waals surface area contributed by atoms with E-state index < -0.39 is 11.9 Å². The lowest BCUT2D eigenvalue weighted by molar-refractivity contribution is -0.134. The van der Waals surface area contributed by atoms with Crippen molar-refractivity contribution in [3.8, 4) is 0 Å². The van der Waals surface area contributed by atoms with Gasteiger partial charge in [0.1, 0.15) is 6.04 Å². The molecule has 2 atom stereocenters. The summed E-state index contributed by atoms with van der Waals surface area (Å²) in [6.07, 6.45) is 8.52. The molecule has 2 fully saturated rings. The Hall–Kier alpha value is -2.80. The number of nitrogens with zero attached hydrogens (tertiary/aromatic N) is 2. The summed E-state index contributed by atoms with van der Waals surface area (Å²) in [6.45, 7) is 4.87. The van der Waals surface area contributed by atoms with Gasteiger partial charge < -0.3 is 4.90 Å². The summed E-state index contributed by atoms with van der Waals surface area (Å²) in [7, 11) is 0. The highest BCUT2D eigenvalue weighted by Gasteiger charge is 2.44. The van der Waals surface area contributed by atoms with Crippen LogP contribution in [0.25, 0.3) is 5.57 Å². The minimum absolute atomic E-state index is 0.0540. The monoisotopic (exact) mass is 366 g/mol. The van der Waals surface area contributed by atoms with Gasteiger partial charge in [0.15, 0.2) is 0 Å². The molecule has 0 aromatic carbocycles. The third-order valence-corrected chi connectivity index (χ3v) is 5.49. The van der Waals surface area contributed by atoms with Gasteiger partial charge in [-0.3, -0.25) is 30.0 Å². The van der Waals surface area contributed by atoms with Crippen LogP contribution in [0, 0.1) is 11.8 Å². The van der Waals surface area contributed by atoms with Crippen LogP contribution in [-0.4, -0.2) is 52.8 Å². The number of hydrogen-bond acceptors (Lipinski definition) is 5. The van der Waals surface area contributed by atoms with Crippen LogP contribution in [0.1, 0.15) is 18.4 Å². The van der Waals surface area contributed by atoms with E-state index in [1.807, 2.05) is 0 Å². The number of likely N-dealkylation sites (tertiary alicyclic amines) is 1. The number of pyridine rings is 1. The number of carbonyl (C=O) groups is 3. The fraction of sp³-hybridized carbons (Fsp3) is 0.400. The van der Waals surface area contributed by atoms with Crippen molar-refractivity contribution in [2.75, 3.05) is 13.1 Å². The zero-order valence-electron chi connectivity index (χ0n) is 14.9. The van der Waals surface area contributed by atoms with E-state index in [4.69, 9.17) is 0 Å². The van der Waals surface area contributed by atoms with Gasteiger partial charge in [0.05, 0.1) is 0 Å². The van der Waals surface area contributed by atoms with Gasteiger partial charge in [0.25, 0.3) is 5.91 Å². The standard InChI is InChI=1S/C20H22N4O3/c1-2-17(25)24-10-14(11-24)18(13-3-4-13)22-16-9-15(19(26)23-20(16)27)12-5-7-21-8-6-12/h2,5-9,13-14,16,18,22H,1,3-4,10-11H2,(H,23,26,27). The van der Waals surface area contributed by atoms with Gasteiger partial charge in [0.2, 0.25) is 11.8 Å². The van der Waals surface area contributed by atoms with Gasteiger partial charge in [-0.05, 0) is 48.6 Å². The van der Waals surface area contributed by atoms with Gasteiger partial charge in [-0.25, -0.2) is 0 Å². The van der Waals surface area contributed by atoms with Crippen molar-refractivity contribution in [3.63, 3.8) is 0 Å². The Labute approximate surface area is 157 Å². The Bertz CT molecular complexity index is 810. The molecule has 140 valence electrons. The first kappa shape index (κ1) is 17.6. The molecule has 1 aromatic heterocycles. The molecule has 2 unspecified atom stereocenters. The highest BCUT2D eigenvalue weighted by atomic mass is 16.2. The molecule has 0 radical (unpaired) electrons. The third kappa shape index (κ3) is 3.55. The van der Waals surface area contributed by atoms with Crippen molar-refractivity contribution in [2.24, 2.45) is 11.8 Å². The van der Waals surface area contributed by atoms with Crippen molar-refractivity contribution >= 4 is 23.3 Å². The number of imide groups is 1. The Kier molecular flexibility index (Phi) is 4.61. The maximum absolute atomic E-state index is 12.4. The first-order chi connectivity index (χ1) is 13.1. The summed E-state index contributed by atoms with van der Waals surface area (Å²) in [6, 6.07) is 3.08. The van der Waals surface area contributed by atoms with Crippen molar-refractivity contribution in [2.45, 2.75) is 24.9 Å². The highest BCUT2D eigenvalue weighted by molar-refractivity contribution is 6.27. The van der Waals surface area contributed by atoms with Crippen molar-refractivity contribution < 1.29 is 14.4 Å². The second kappa shape index (κ2) is 7.08. The molecule has 3 amide bonds. The van der Waals surface area contributed by atoms with Gasteiger partial charge >= 0.3 is 0 Å². The van der Waals surface area contributed by atoms with E-state index in [2.05, 4.69) is 22.2 Å². The predicted octanol–water partition coefficient (Wildman–Crippen LogP) is 0.503. The molecule has 1 aliphatic carbocycles. The Morgan fingerprint density at radius 1 is 1.26 bits per heavy atom. The van der Waals surface area contributed by atoms with E-state index in [1.165, 1.54) is 6.08 Å². The number of nitrogens with one attached hydrogen (secondary N) is 2. The first-order valence-corrected chi connectivity index (χ1v) is 9.21. The molecule has 2 N–H and O–H groups in total. The van der Waals surface area contributed by atoms with E-state index in [0.29, 0.717) is 30.5 Å². The third-order valence-electron chi connectivity index (χ3n) is 5.49. The fourth-order valence-electron chi connectivity index (χ4n) is 3.83. The normalized spacial score (nSPS) is 23.9. The topological polar surface area (TPSA) is 91.4 Å².